The van der Waals surface area contributed by atoms with E-state index < -0.39 is 23.1 Å². The van der Waals surface area contributed by atoms with Crippen LogP contribution in [-0.2, 0) is 9.59 Å². The summed E-state index contributed by atoms with van der Waals surface area (Å²) in [6.07, 6.45) is 7.96. The van der Waals surface area contributed by atoms with E-state index in [4.69, 9.17) is 51.6 Å². The van der Waals surface area contributed by atoms with Crippen LogP contribution in [0.4, 0.5) is 0 Å². The van der Waals surface area contributed by atoms with Crippen molar-refractivity contribution in [2.75, 3.05) is 14.2 Å². The molecule has 0 saturated heterocycles. The van der Waals surface area contributed by atoms with Crippen LogP contribution in [0.3, 0.4) is 0 Å². The number of esters is 2. The number of aryl methyl sites for hydroxylation is 2. The van der Waals surface area contributed by atoms with E-state index in [0.717, 1.165) is 44.9 Å². The van der Waals surface area contributed by atoms with Crippen LogP contribution in [-0.4, -0.2) is 48.9 Å². The summed E-state index contributed by atoms with van der Waals surface area (Å²) in [4.78, 5) is 51.1. The van der Waals surface area contributed by atoms with E-state index in [9.17, 15) is 19.2 Å². The molecule has 0 N–H and O–H groups in total. The molecule has 0 bridgehead atoms. The molecule has 0 unspecified atom stereocenters. The molecule has 0 aliphatic carbocycles. The monoisotopic (exact) mass is 1080 g/mol. The van der Waals surface area contributed by atoms with Gasteiger partial charge in [0, 0.05) is 32.3 Å². The summed E-state index contributed by atoms with van der Waals surface area (Å²) < 4.78 is 33.6. The van der Waals surface area contributed by atoms with E-state index >= 15 is 0 Å². The maximum Gasteiger partial charge on any atom is 0.355 e. The first kappa shape index (κ1) is 57.0. The topological polar surface area (TPSA) is 124 Å². The van der Waals surface area contributed by atoms with Gasteiger partial charge in [-0.1, -0.05) is 83.9 Å². The Morgan fingerprint density at radius 1 is 0.359 bits per heavy atom. The first-order valence-corrected chi connectivity index (χ1v) is 25.5. The number of benzene rings is 8. The number of hydrogen-bond acceptors (Lipinski definition) is 10. The van der Waals surface area contributed by atoms with Crippen molar-refractivity contribution in [3.63, 3.8) is 0 Å². The molecule has 0 radical (unpaired) electrons. The van der Waals surface area contributed by atoms with Crippen molar-refractivity contribution in [3.05, 3.63) is 248 Å². The third-order valence-electron chi connectivity index (χ3n) is 11.9. The maximum atomic E-state index is 12.9. The zero-order valence-corrected chi connectivity index (χ0v) is 46.0. The molecular formula is C66H58Cl2O10. The van der Waals surface area contributed by atoms with Crippen molar-refractivity contribution in [3.8, 4) is 34.5 Å². The summed E-state index contributed by atoms with van der Waals surface area (Å²) in [5, 5.41) is 1.13. The van der Waals surface area contributed by atoms with Crippen LogP contribution in [0, 0.1) is 13.8 Å². The van der Waals surface area contributed by atoms with Gasteiger partial charge in [-0.3, -0.25) is 9.59 Å². The Morgan fingerprint density at radius 2 is 0.641 bits per heavy atom. The van der Waals surface area contributed by atoms with Crippen LogP contribution in [0.1, 0.15) is 92.9 Å². The smallest absolute Gasteiger partial charge is 0.355 e. The van der Waals surface area contributed by atoms with E-state index in [1.54, 1.807) is 163 Å². The summed E-state index contributed by atoms with van der Waals surface area (Å²) in [6, 6.07) is 53.1. The van der Waals surface area contributed by atoms with Gasteiger partial charge in [0.25, 0.3) is 0 Å². The Hall–Kier alpha value is -8.70. The van der Waals surface area contributed by atoms with Gasteiger partial charge in [-0.2, -0.15) is 0 Å². The SMILES string of the molecule is COc1cc(C)cc(/C=C/c2ccc(OC(=O)C(C)(C)Oc3ccc(C(=O)c4ccc(Cl)cc4)cc3)cc2)c1.COc1cc(C)cc(/C=C/c2ccc(OC(=O)C(C)(C)Oc3ccc(C(=O)c4ccc(Cl)cc4)cc3)cc2)c1. The number of ether oxygens (including phenoxy) is 6. The number of rotatable bonds is 18. The van der Waals surface area contributed by atoms with Crippen LogP contribution in [0.5, 0.6) is 34.5 Å². The minimum Gasteiger partial charge on any atom is -0.497 e. The molecule has 8 aromatic carbocycles. The van der Waals surface area contributed by atoms with E-state index in [2.05, 4.69) is 12.1 Å². The standard InChI is InChI=1S/2C33H29ClO5/c2*1-22-19-24(21-30(20-22)37-4)6-5-23-7-15-28(16-8-23)38-32(36)33(2,3)39-29-17-11-26(12-18-29)31(35)25-9-13-27(34)14-10-25/h2*5-21H,1-4H3/b2*6-5+. The second-order valence-electron chi connectivity index (χ2n) is 19.1. The quantitative estimate of drug-likeness (QED) is 0.0355. The molecule has 0 fully saturated rings. The van der Waals surface area contributed by atoms with Crippen LogP contribution in [0.25, 0.3) is 24.3 Å². The van der Waals surface area contributed by atoms with Gasteiger partial charge in [0.15, 0.2) is 11.6 Å². The van der Waals surface area contributed by atoms with Crippen molar-refractivity contribution < 1.29 is 47.6 Å². The molecule has 78 heavy (non-hydrogen) atoms. The highest BCUT2D eigenvalue weighted by Gasteiger charge is 2.34. The highest BCUT2D eigenvalue weighted by atomic mass is 35.5. The van der Waals surface area contributed by atoms with E-state index in [1.165, 1.54) is 0 Å². The minimum atomic E-state index is -1.26. The normalized spacial score (nSPS) is 11.3. The van der Waals surface area contributed by atoms with Crippen molar-refractivity contribution in [1.29, 1.82) is 0 Å². The summed E-state index contributed by atoms with van der Waals surface area (Å²) in [5.74, 6) is 1.98. The molecule has 0 amide bonds. The lowest BCUT2D eigenvalue weighted by Gasteiger charge is -2.24. The highest BCUT2D eigenvalue weighted by molar-refractivity contribution is 6.31. The fourth-order valence-corrected chi connectivity index (χ4v) is 7.93. The summed E-state index contributed by atoms with van der Waals surface area (Å²) >= 11 is 11.8. The van der Waals surface area contributed by atoms with Gasteiger partial charge in [0.2, 0.25) is 11.2 Å². The number of carbonyl (C=O) groups excluding carboxylic acids is 4. The van der Waals surface area contributed by atoms with Gasteiger partial charge >= 0.3 is 11.9 Å². The molecule has 8 rings (SSSR count). The van der Waals surface area contributed by atoms with Crippen LogP contribution in [0.2, 0.25) is 10.0 Å². The Morgan fingerprint density at radius 3 is 0.949 bits per heavy atom. The van der Waals surface area contributed by atoms with E-state index in [0.29, 0.717) is 55.3 Å². The van der Waals surface area contributed by atoms with Gasteiger partial charge in [0.05, 0.1) is 14.2 Å². The van der Waals surface area contributed by atoms with E-state index in [1.807, 2.05) is 86.7 Å². The van der Waals surface area contributed by atoms with Gasteiger partial charge in [-0.05, 0) is 221 Å². The zero-order valence-electron chi connectivity index (χ0n) is 44.5. The predicted octanol–water partition coefficient (Wildman–Crippen LogP) is 15.6. The first-order valence-electron chi connectivity index (χ1n) is 24.8. The van der Waals surface area contributed by atoms with Gasteiger partial charge in [-0.25, -0.2) is 9.59 Å². The molecule has 396 valence electrons. The van der Waals surface area contributed by atoms with Crippen LogP contribution >= 0.6 is 23.2 Å². The number of methoxy groups -OCH3 is 2. The molecular weight excluding hydrogens is 1020 g/mol. The average molecular weight is 1080 g/mol. The van der Waals surface area contributed by atoms with Crippen molar-refractivity contribution in [2.45, 2.75) is 52.7 Å². The summed E-state index contributed by atoms with van der Waals surface area (Å²) in [6.45, 7) is 10.6. The number of halogens is 2. The minimum absolute atomic E-state index is 0.131. The first-order chi connectivity index (χ1) is 37.2. The Balaban J connectivity index is 0.000000226. The Bertz CT molecular complexity index is 3200. The lowest BCUT2D eigenvalue weighted by atomic mass is 10.0. The Labute approximate surface area is 465 Å². The summed E-state index contributed by atoms with van der Waals surface area (Å²) in [5.41, 5.74) is 5.76. The molecule has 0 heterocycles. The fourth-order valence-electron chi connectivity index (χ4n) is 7.68. The predicted molar refractivity (Wildman–Crippen MR) is 310 cm³/mol. The largest absolute Gasteiger partial charge is 0.497 e. The summed E-state index contributed by atoms with van der Waals surface area (Å²) in [7, 11) is 3.30. The van der Waals surface area contributed by atoms with Crippen molar-refractivity contribution in [2.24, 2.45) is 0 Å². The molecule has 0 aliphatic heterocycles. The molecule has 0 saturated carbocycles. The van der Waals surface area contributed by atoms with Crippen LogP contribution in [0.15, 0.2) is 182 Å². The Kier molecular flexibility index (Phi) is 18.9. The molecule has 10 nitrogen and oxygen atoms in total. The molecule has 0 atom stereocenters. The molecule has 0 spiro atoms. The van der Waals surface area contributed by atoms with E-state index in [-0.39, 0.29) is 11.6 Å². The molecule has 8 aromatic rings. The highest BCUT2D eigenvalue weighted by Crippen LogP contribution is 2.27. The van der Waals surface area contributed by atoms with Gasteiger partial charge in [0.1, 0.15) is 34.5 Å². The zero-order chi connectivity index (χ0) is 56.0. The third-order valence-corrected chi connectivity index (χ3v) is 12.4. The van der Waals surface area contributed by atoms with Gasteiger partial charge in [-0.15, -0.1) is 0 Å². The number of carbonyl (C=O) groups is 4. The second-order valence-corrected chi connectivity index (χ2v) is 20.0. The second kappa shape index (κ2) is 25.9. The molecule has 0 aliphatic rings. The van der Waals surface area contributed by atoms with Gasteiger partial charge < -0.3 is 28.4 Å². The number of ketones is 2. The third kappa shape index (κ3) is 16.2. The lowest BCUT2D eigenvalue weighted by Crippen LogP contribution is -2.41. The maximum absolute atomic E-state index is 12.9. The molecule has 12 heteroatoms. The average Bonchev–Trinajstić information content (AvgIpc) is 3.42. The van der Waals surface area contributed by atoms with Crippen LogP contribution < -0.4 is 28.4 Å². The number of hydrogen-bond donors (Lipinski definition) is 0. The lowest BCUT2D eigenvalue weighted by molar-refractivity contribution is -0.149. The molecule has 0 aromatic heterocycles. The van der Waals surface area contributed by atoms with Crippen molar-refractivity contribution >= 4 is 71.0 Å². The van der Waals surface area contributed by atoms with Crippen molar-refractivity contribution in [1.82, 2.24) is 0 Å². The fraction of sp³-hybridized carbons (Fsp3) is 0.152.